The summed E-state index contributed by atoms with van der Waals surface area (Å²) in [6.07, 6.45) is 5.56. The smallest absolute Gasteiger partial charge is 0.271 e. The van der Waals surface area contributed by atoms with Crippen LogP contribution in [0.5, 0.6) is 0 Å². The van der Waals surface area contributed by atoms with Crippen LogP contribution in [0.25, 0.3) is 0 Å². The maximum atomic E-state index is 11.9. The van der Waals surface area contributed by atoms with Crippen LogP contribution in [0, 0.1) is 6.92 Å². The van der Waals surface area contributed by atoms with E-state index >= 15 is 0 Å². The summed E-state index contributed by atoms with van der Waals surface area (Å²) in [4.78, 5) is 11.9. The molecule has 0 atom stereocenters. The molecule has 0 aliphatic carbocycles. The third-order valence-corrected chi connectivity index (χ3v) is 2.76. The average molecular weight is 261 g/mol. The topological polar surface area (TPSA) is 64.7 Å². The molecular formula is C13H19N5O. The Morgan fingerprint density at radius 2 is 2.26 bits per heavy atom. The van der Waals surface area contributed by atoms with Crippen LogP contribution in [0.3, 0.4) is 0 Å². The molecule has 0 saturated carbocycles. The first-order valence-corrected chi connectivity index (χ1v) is 6.38. The Morgan fingerprint density at radius 1 is 1.47 bits per heavy atom. The van der Waals surface area contributed by atoms with Crippen molar-refractivity contribution in [3.63, 3.8) is 0 Å². The van der Waals surface area contributed by atoms with Gasteiger partial charge in [-0.15, -0.1) is 0 Å². The highest BCUT2D eigenvalue weighted by atomic mass is 16.1. The van der Waals surface area contributed by atoms with E-state index in [2.05, 4.69) is 15.5 Å². The lowest BCUT2D eigenvalue weighted by Crippen LogP contribution is -2.27. The summed E-state index contributed by atoms with van der Waals surface area (Å²) in [5, 5.41) is 11.2. The highest BCUT2D eigenvalue weighted by Crippen LogP contribution is 2.03. The van der Waals surface area contributed by atoms with Gasteiger partial charge >= 0.3 is 0 Å². The van der Waals surface area contributed by atoms with Crippen LogP contribution in [0.1, 0.15) is 35.9 Å². The van der Waals surface area contributed by atoms with Crippen molar-refractivity contribution in [2.24, 2.45) is 0 Å². The zero-order chi connectivity index (χ0) is 13.8. The van der Waals surface area contributed by atoms with E-state index in [1.54, 1.807) is 16.9 Å². The van der Waals surface area contributed by atoms with Crippen molar-refractivity contribution in [1.29, 1.82) is 0 Å². The van der Waals surface area contributed by atoms with Crippen LogP contribution in [0.4, 0.5) is 0 Å². The zero-order valence-corrected chi connectivity index (χ0v) is 11.5. The number of rotatable bonds is 5. The standard InChI is InChI=1S/C13H19N5O/c1-10(2)18-6-4-12(16-18)13(19)14-5-7-17-9-11(3)8-15-17/h4,6,8-10H,5,7H2,1-3H3,(H,14,19). The van der Waals surface area contributed by atoms with Crippen LogP contribution in [0.15, 0.2) is 24.7 Å². The monoisotopic (exact) mass is 261 g/mol. The van der Waals surface area contributed by atoms with Crippen molar-refractivity contribution in [1.82, 2.24) is 24.9 Å². The molecule has 0 bridgehead atoms. The molecular weight excluding hydrogens is 242 g/mol. The molecule has 0 radical (unpaired) electrons. The molecule has 0 saturated heterocycles. The summed E-state index contributed by atoms with van der Waals surface area (Å²) < 4.78 is 3.58. The van der Waals surface area contributed by atoms with Crippen LogP contribution in [0.2, 0.25) is 0 Å². The Hall–Kier alpha value is -2.11. The van der Waals surface area contributed by atoms with Crippen LogP contribution in [-0.4, -0.2) is 32.0 Å². The zero-order valence-electron chi connectivity index (χ0n) is 11.5. The first-order valence-electron chi connectivity index (χ1n) is 6.38. The van der Waals surface area contributed by atoms with Crippen molar-refractivity contribution < 1.29 is 4.79 Å². The molecule has 19 heavy (non-hydrogen) atoms. The third-order valence-electron chi connectivity index (χ3n) is 2.76. The van der Waals surface area contributed by atoms with Gasteiger partial charge in [0.1, 0.15) is 5.69 Å². The quantitative estimate of drug-likeness (QED) is 0.884. The molecule has 2 aromatic heterocycles. The van der Waals surface area contributed by atoms with Gasteiger partial charge in [0.25, 0.3) is 5.91 Å². The molecule has 0 aliphatic heterocycles. The number of amides is 1. The van der Waals surface area contributed by atoms with E-state index in [1.807, 2.05) is 37.8 Å². The molecule has 2 heterocycles. The molecule has 0 unspecified atom stereocenters. The Kier molecular flexibility index (Phi) is 3.99. The van der Waals surface area contributed by atoms with Crippen molar-refractivity contribution in [3.8, 4) is 0 Å². The minimum Gasteiger partial charge on any atom is -0.349 e. The van der Waals surface area contributed by atoms with Crippen LogP contribution in [-0.2, 0) is 6.54 Å². The maximum absolute atomic E-state index is 11.9. The lowest BCUT2D eigenvalue weighted by Gasteiger charge is -2.05. The lowest BCUT2D eigenvalue weighted by molar-refractivity contribution is 0.0946. The lowest BCUT2D eigenvalue weighted by atomic mass is 10.4. The van der Waals surface area contributed by atoms with E-state index in [-0.39, 0.29) is 11.9 Å². The second-order valence-corrected chi connectivity index (χ2v) is 4.81. The van der Waals surface area contributed by atoms with Gasteiger partial charge in [-0.1, -0.05) is 0 Å². The fourth-order valence-electron chi connectivity index (χ4n) is 1.71. The summed E-state index contributed by atoms with van der Waals surface area (Å²) >= 11 is 0. The Morgan fingerprint density at radius 3 is 2.84 bits per heavy atom. The van der Waals surface area contributed by atoms with Gasteiger partial charge < -0.3 is 5.32 Å². The maximum Gasteiger partial charge on any atom is 0.271 e. The van der Waals surface area contributed by atoms with E-state index < -0.39 is 0 Å². The van der Waals surface area contributed by atoms with Gasteiger partial charge in [0.05, 0.1) is 12.7 Å². The SMILES string of the molecule is Cc1cnn(CCNC(=O)c2ccn(C(C)C)n2)c1. The number of aryl methyl sites for hydroxylation is 1. The van der Waals surface area contributed by atoms with E-state index in [0.29, 0.717) is 18.8 Å². The van der Waals surface area contributed by atoms with Gasteiger partial charge in [-0.3, -0.25) is 14.2 Å². The normalized spacial score (nSPS) is 10.9. The first-order chi connectivity index (χ1) is 9.06. The molecule has 0 fully saturated rings. The minimum atomic E-state index is -0.150. The van der Waals surface area contributed by atoms with Crippen molar-refractivity contribution in [3.05, 3.63) is 35.9 Å². The van der Waals surface area contributed by atoms with Crippen molar-refractivity contribution >= 4 is 5.91 Å². The number of carbonyl (C=O) groups excluding carboxylic acids is 1. The molecule has 2 aromatic rings. The van der Waals surface area contributed by atoms with Gasteiger partial charge in [-0.25, -0.2) is 0 Å². The second kappa shape index (κ2) is 5.69. The molecule has 6 heteroatoms. The summed E-state index contributed by atoms with van der Waals surface area (Å²) in [5.74, 6) is -0.150. The minimum absolute atomic E-state index is 0.150. The molecule has 0 aliphatic rings. The number of nitrogens with one attached hydrogen (secondary N) is 1. The molecule has 0 aromatic carbocycles. The second-order valence-electron chi connectivity index (χ2n) is 4.81. The third kappa shape index (κ3) is 3.43. The molecule has 1 amide bonds. The van der Waals surface area contributed by atoms with Crippen LogP contribution < -0.4 is 5.32 Å². The number of nitrogens with zero attached hydrogens (tertiary/aromatic N) is 4. The average Bonchev–Trinajstić information content (AvgIpc) is 2.98. The predicted octanol–water partition coefficient (Wildman–Crippen LogP) is 1.40. The van der Waals surface area contributed by atoms with Gasteiger partial charge in [0.15, 0.2) is 0 Å². The molecule has 6 nitrogen and oxygen atoms in total. The molecule has 0 spiro atoms. The van der Waals surface area contributed by atoms with Gasteiger partial charge in [-0.05, 0) is 32.4 Å². The fourth-order valence-corrected chi connectivity index (χ4v) is 1.71. The molecule has 1 N–H and O–H groups in total. The predicted molar refractivity (Wildman–Crippen MR) is 71.9 cm³/mol. The van der Waals surface area contributed by atoms with Crippen molar-refractivity contribution in [2.45, 2.75) is 33.4 Å². The summed E-state index contributed by atoms with van der Waals surface area (Å²) in [6.45, 7) is 7.23. The highest BCUT2D eigenvalue weighted by molar-refractivity contribution is 5.92. The van der Waals surface area contributed by atoms with Gasteiger partial charge in [0.2, 0.25) is 0 Å². The highest BCUT2D eigenvalue weighted by Gasteiger charge is 2.09. The number of aromatic nitrogens is 4. The summed E-state index contributed by atoms with van der Waals surface area (Å²) in [6, 6.07) is 1.99. The summed E-state index contributed by atoms with van der Waals surface area (Å²) in [5.41, 5.74) is 1.56. The Labute approximate surface area is 112 Å². The van der Waals surface area contributed by atoms with Crippen molar-refractivity contribution in [2.75, 3.05) is 6.54 Å². The fraction of sp³-hybridized carbons (Fsp3) is 0.462. The number of hydrogen-bond acceptors (Lipinski definition) is 3. The number of hydrogen-bond donors (Lipinski definition) is 1. The van der Waals surface area contributed by atoms with E-state index in [9.17, 15) is 4.79 Å². The Balaban J connectivity index is 1.83. The van der Waals surface area contributed by atoms with E-state index in [1.165, 1.54) is 0 Å². The molecule has 2 rings (SSSR count). The van der Waals surface area contributed by atoms with Gasteiger partial charge in [-0.2, -0.15) is 10.2 Å². The van der Waals surface area contributed by atoms with E-state index in [4.69, 9.17) is 0 Å². The number of carbonyl (C=O) groups is 1. The van der Waals surface area contributed by atoms with Gasteiger partial charge in [0, 0.05) is 25.0 Å². The summed E-state index contributed by atoms with van der Waals surface area (Å²) in [7, 11) is 0. The Bertz CT molecular complexity index is 555. The largest absolute Gasteiger partial charge is 0.349 e. The first kappa shape index (κ1) is 13.3. The van der Waals surface area contributed by atoms with E-state index in [0.717, 1.165) is 5.56 Å². The molecule has 102 valence electrons. The van der Waals surface area contributed by atoms with Crippen LogP contribution >= 0.6 is 0 Å².